The fourth-order valence-corrected chi connectivity index (χ4v) is 2.28. The summed E-state index contributed by atoms with van der Waals surface area (Å²) in [5, 5.41) is 3.18. The van der Waals surface area contributed by atoms with Gasteiger partial charge in [0.15, 0.2) is 0 Å². The molecule has 2 aliphatic heterocycles. The van der Waals surface area contributed by atoms with Crippen molar-refractivity contribution in [3.8, 4) is 0 Å². The van der Waals surface area contributed by atoms with Crippen LogP contribution in [0.3, 0.4) is 0 Å². The van der Waals surface area contributed by atoms with Crippen LogP contribution >= 0.6 is 0 Å². The minimum Gasteiger partial charge on any atom is -0.342 e. The standard InChI is InChI=1S/C10H17FN2O/c11-5-8-2-4-13(7-8)10(14)9-1-3-12-6-9/h8-9,12H,1-7H2/t8-,9+/m1/s1. The van der Waals surface area contributed by atoms with Crippen LogP contribution in [0.25, 0.3) is 0 Å². The molecule has 0 saturated carbocycles. The van der Waals surface area contributed by atoms with Crippen LogP contribution in [0.15, 0.2) is 0 Å². The van der Waals surface area contributed by atoms with Crippen LogP contribution in [0.1, 0.15) is 12.8 Å². The molecule has 14 heavy (non-hydrogen) atoms. The molecular weight excluding hydrogens is 183 g/mol. The van der Waals surface area contributed by atoms with Gasteiger partial charge in [0.05, 0.1) is 12.6 Å². The number of hydrogen-bond donors (Lipinski definition) is 1. The van der Waals surface area contributed by atoms with Crippen molar-refractivity contribution in [2.45, 2.75) is 12.8 Å². The minimum atomic E-state index is -0.285. The molecule has 0 aromatic carbocycles. The Kier molecular flexibility index (Phi) is 3.01. The molecule has 1 amide bonds. The number of carbonyl (C=O) groups excluding carboxylic acids is 1. The van der Waals surface area contributed by atoms with Gasteiger partial charge in [-0.05, 0) is 19.4 Å². The van der Waals surface area contributed by atoms with Crippen LogP contribution in [0.5, 0.6) is 0 Å². The number of nitrogens with zero attached hydrogens (tertiary/aromatic N) is 1. The zero-order chi connectivity index (χ0) is 9.97. The number of nitrogens with one attached hydrogen (secondary N) is 1. The second-order valence-corrected chi connectivity index (χ2v) is 4.28. The molecular formula is C10H17FN2O. The second-order valence-electron chi connectivity index (χ2n) is 4.28. The second kappa shape index (κ2) is 4.26. The summed E-state index contributed by atoms with van der Waals surface area (Å²) in [6.07, 6.45) is 1.78. The molecule has 0 unspecified atom stereocenters. The van der Waals surface area contributed by atoms with Crippen LogP contribution in [0.2, 0.25) is 0 Å². The summed E-state index contributed by atoms with van der Waals surface area (Å²) in [5.74, 6) is 0.465. The topological polar surface area (TPSA) is 32.3 Å². The summed E-state index contributed by atoms with van der Waals surface area (Å²) < 4.78 is 12.4. The van der Waals surface area contributed by atoms with Gasteiger partial charge in [0.2, 0.25) is 5.91 Å². The molecule has 2 saturated heterocycles. The maximum atomic E-state index is 12.4. The largest absolute Gasteiger partial charge is 0.342 e. The number of hydrogen-bond acceptors (Lipinski definition) is 2. The number of alkyl halides is 1. The Morgan fingerprint density at radius 2 is 2.36 bits per heavy atom. The van der Waals surface area contributed by atoms with E-state index in [9.17, 15) is 9.18 Å². The molecule has 0 aliphatic carbocycles. The van der Waals surface area contributed by atoms with Gasteiger partial charge in [-0.3, -0.25) is 9.18 Å². The molecule has 4 heteroatoms. The van der Waals surface area contributed by atoms with Crippen LogP contribution in [-0.4, -0.2) is 43.7 Å². The molecule has 2 aliphatic rings. The maximum absolute atomic E-state index is 12.4. The van der Waals surface area contributed by atoms with E-state index < -0.39 is 0 Å². The third-order valence-electron chi connectivity index (χ3n) is 3.23. The number of likely N-dealkylation sites (tertiary alicyclic amines) is 1. The predicted molar refractivity (Wildman–Crippen MR) is 51.6 cm³/mol. The van der Waals surface area contributed by atoms with Crippen molar-refractivity contribution < 1.29 is 9.18 Å². The number of carbonyl (C=O) groups is 1. The van der Waals surface area contributed by atoms with Crippen molar-refractivity contribution in [3.05, 3.63) is 0 Å². The smallest absolute Gasteiger partial charge is 0.227 e. The SMILES string of the molecule is O=C([C@H]1CCNC1)N1CC[C@H](CF)C1. The van der Waals surface area contributed by atoms with Crippen molar-refractivity contribution >= 4 is 5.91 Å². The molecule has 0 aromatic rings. The summed E-state index contributed by atoms with van der Waals surface area (Å²) >= 11 is 0. The van der Waals surface area contributed by atoms with Gasteiger partial charge in [-0.25, -0.2) is 0 Å². The predicted octanol–water partition coefficient (Wildman–Crippen LogP) is 0.414. The van der Waals surface area contributed by atoms with E-state index in [4.69, 9.17) is 0 Å². The van der Waals surface area contributed by atoms with E-state index in [0.717, 1.165) is 32.5 Å². The lowest BCUT2D eigenvalue weighted by atomic mass is 10.1. The van der Waals surface area contributed by atoms with E-state index in [-0.39, 0.29) is 24.4 Å². The Bertz CT molecular complexity index is 216. The Morgan fingerprint density at radius 1 is 1.50 bits per heavy atom. The average molecular weight is 200 g/mol. The molecule has 2 atom stereocenters. The summed E-state index contributed by atoms with van der Waals surface area (Å²) in [4.78, 5) is 13.7. The third-order valence-corrected chi connectivity index (χ3v) is 3.23. The highest BCUT2D eigenvalue weighted by molar-refractivity contribution is 5.79. The van der Waals surface area contributed by atoms with Gasteiger partial charge < -0.3 is 10.2 Å². The van der Waals surface area contributed by atoms with Crippen LogP contribution in [0, 0.1) is 11.8 Å². The number of halogens is 1. The van der Waals surface area contributed by atoms with E-state index in [2.05, 4.69) is 5.32 Å². The first-order chi connectivity index (χ1) is 6.81. The fourth-order valence-electron chi connectivity index (χ4n) is 2.28. The molecule has 0 aromatic heterocycles. The van der Waals surface area contributed by atoms with E-state index in [1.165, 1.54) is 0 Å². The summed E-state index contributed by atoms with van der Waals surface area (Å²) in [6, 6.07) is 0. The van der Waals surface area contributed by atoms with Crippen molar-refractivity contribution in [1.29, 1.82) is 0 Å². The highest BCUT2D eigenvalue weighted by Gasteiger charge is 2.31. The molecule has 1 N–H and O–H groups in total. The summed E-state index contributed by atoms with van der Waals surface area (Å²) in [6.45, 7) is 2.84. The van der Waals surface area contributed by atoms with Gasteiger partial charge >= 0.3 is 0 Å². The lowest BCUT2D eigenvalue weighted by molar-refractivity contribution is -0.133. The lowest BCUT2D eigenvalue weighted by Gasteiger charge is -2.19. The number of rotatable bonds is 2. The van der Waals surface area contributed by atoms with Crippen molar-refractivity contribution in [2.24, 2.45) is 11.8 Å². The highest BCUT2D eigenvalue weighted by Crippen LogP contribution is 2.20. The quantitative estimate of drug-likeness (QED) is 0.700. The first kappa shape index (κ1) is 9.90. The summed E-state index contributed by atoms with van der Waals surface area (Å²) in [7, 11) is 0. The average Bonchev–Trinajstić information content (AvgIpc) is 2.88. The normalized spacial score (nSPS) is 32.5. The van der Waals surface area contributed by atoms with Gasteiger partial charge in [-0.2, -0.15) is 0 Å². The third kappa shape index (κ3) is 1.90. The van der Waals surface area contributed by atoms with Gasteiger partial charge in [0, 0.05) is 25.6 Å². The Morgan fingerprint density at radius 3 is 2.93 bits per heavy atom. The molecule has 2 rings (SSSR count). The zero-order valence-electron chi connectivity index (χ0n) is 8.34. The Balaban J connectivity index is 1.86. The van der Waals surface area contributed by atoms with Gasteiger partial charge in [-0.1, -0.05) is 0 Å². The monoisotopic (exact) mass is 200 g/mol. The van der Waals surface area contributed by atoms with Gasteiger partial charge in [0.1, 0.15) is 0 Å². The molecule has 0 radical (unpaired) electrons. The lowest BCUT2D eigenvalue weighted by Crippen LogP contribution is -2.35. The first-order valence-corrected chi connectivity index (χ1v) is 5.36. The number of amides is 1. The van der Waals surface area contributed by atoms with E-state index in [1.807, 2.05) is 4.90 Å². The highest BCUT2D eigenvalue weighted by atomic mass is 19.1. The molecule has 0 spiro atoms. The van der Waals surface area contributed by atoms with Crippen molar-refractivity contribution in [2.75, 3.05) is 32.9 Å². The van der Waals surface area contributed by atoms with Crippen LogP contribution in [0.4, 0.5) is 4.39 Å². The van der Waals surface area contributed by atoms with Gasteiger partial charge in [-0.15, -0.1) is 0 Å². The van der Waals surface area contributed by atoms with Gasteiger partial charge in [0.25, 0.3) is 0 Å². The summed E-state index contributed by atoms with van der Waals surface area (Å²) in [5.41, 5.74) is 0. The molecule has 80 valence electrons. The maximum Gasteiger partial charge on any atom is 0.227 e. The van der Waals surface area contributed by atoms with E-state index in [0.29, 0.717) is 6.54 Å². The van der Waals surface area contributed by atoms with Crippen molar-refractivity contribution in [3.63, 3.8) is 0 Å². The van der Waals surface area contributed by atoms with Crippen LogP contribution in [-0.2, 0) is 4.79 Å². The van der Waals surface area contributed by atoms with Crippen LogP contribution < -0.4 is 5.32 Å². The first-order valence-electron chi connectivity index (χ1n) is 5.36. The Hall–Kier alpha value is -0.640. The Labute approximate surface area is 83.6 Å². The minimum absolute atomic E-state index is 0.0910. The molecule has 0 bridgehead atoms. The van der Waals surface area contributed by atoms with E-state index >= 15 is 0 Å². The molecule has 2 heterocycles. The van der Waals surface area contributed by atoms with E-state index in [1.54, 1.807) is 0 Å². The van der Waals surface area contributed by atoms with Crippen molar-refractivity contribution in [1.82, 2.24) is 10.2 Å². The molecule has 3 nitrogen and oxygen atoms in total. The zero-order valence-corrected chi connectivity index (χ0v) is 8.34. The fraction of sp³-hybridized carbons (Fsp3) is 0.900. The molecule has 2 fully saturated rings.